The fourth-order valence-corrected chi connectivity index (χ4v) is 4.95. The van der Waals surface area contributed by atoms with E-state index in [0.29, 0.717) is 29.8 Å². The van der Waals surface area contributed by atoms with Crippen LogP contribution in [0.4, 0.5) is 11.4 Å². The standard InChI is InChI=1S/C25H25ClN2O4/c1-4-15-5-7-16(8-6-15)18-12-23(30)27(17-9-10-19(26)20(11-17)28(31)32)21-13-25(2,3)14-22(29)24(18)21/h5-11,18H,4,12-14H2,1-3H3. The average molecular weight is 453 g/mol. The lowest BCUT2D eigenvalue weighted by atomic mass is 9.69. The predicted octanol–water partition coefficient (Wildman–Crippen LogP) is 5.97. The van der Waals surface area contributed by atoms with Gasteiger partial charge in [0, 0.05) is 36.1 Å². The lowest BCUT2D eigenvalue weighted by molar-refractivity contribution is -0.384. The number of nitrogens with zero attached hydrogens (tertiary/aromatic N) is 2. The molecule has 0 bridgehead atoms. The fourth-order valence-electron chi connectivity index (χ4n) is 4.77. The molecule has 1 aliphatic heterocycles. The molecule has 1 amide bonds. The first-order valence-corrected chi connectivity index (χ1v) is 11.1. The number of hydrogen-bond donors (Lipinski definition) is 0. The Bertz CT molecular complexity index is 1150. The Balaban J connectivity index is 1.88. The molecule has 2 aromatic rings. The van der Waals surface area contributed by atoms with Crippen LogP contribution in [0.1, 0.15) is 57.1 Å². The number of Topliss-reactive ketones (excluding diaryl/α,β-unsaturated/α-hetero) is 1. The Morgan fingerprint density at radius 2 is 1.81 bits per heavy atom. The maximum Gasteiger partial charge on any atom is 0.289 e. The molecular formula is C25H25ClN2O4. The highest BCUT2D eigenvalue weighted by Gasteiger charge is 2.44. The Labute approximate surface area is 192 Å². The van der Waals surface area contributed by atoms with Crippen LogP contribution in [0.3, 0.4) is 0 Å². The van der Waals surface area contributed by atoms with Crippen molar-refractivity contribution in [2.24, 2.45) is 5.41 Å². The number of anilines is 1. The van der Waals surface area contributed by atoms with E-state index in [-0.39, 0.29) is 40.2 Å². The van der Waals surface area contributed by atoms with Crippen LogP contribution in [0.25, 0.3) is 0 Å². The number of nitro groups is 1. The van der Waals surface area contributed by atoms with E-state index in [1.165, 1.54) is 22.6 Å². The molecule has 0 radical (unpaired) electrons. The molecule has 2 aromatic carbocycles. The van der Waals surface area contributed by atoms with Crippen molar-refractivity contribution in [1.29, 1.82) is 0 Å². The molecule has 7 heteroatoms. The van der Waals surface area contributed by atoms with Gasteiger partial charge in [0.2, 0.25) is 5.91 Å². The van der Waals surface area contributed by atoms with Gasteiger partial charge in [-0.3, -0.25) is 24.6 Å². The van der Waals surface area contributed by atoms with Crippen LogP contribution in [0.5, 0.6) is 0 Å². The van der Waals surface area contributed by atoms with Gasteiger partial charge in [0.1, 0.15) is 5.02 Å². The molecule has 0 fully saturated rings. The Morgan fingerprint density at radius 3 is 2.44 bits per heavy atom. The molecule has 166 valence electrons. The van der Waals surface area contributed by atoms with Crippen molar-refractivity contribution in [3.8, 4) is 0 Å². The van der Waals surface area contributed by atoms with Gasteiger partial charge in [0.25, 0.3) is 5.69 Å². The Hall–Kier alpha value is -2.99. The van der Waals surface area contributed by atoms with Crippen LogP contribution >= 0.6 is 11.6 Å². The van der Waals surface area contributed by atoms with Crippen LogP contribution in [0.2, 0.25) is 5.02 Å². The number of hydrogen-bond acceptors (Lipinski definition) is 4. The highest BCUT2D eigenvalue weighted by molar-refractivity contribution is 6.32. The number of carbonyl (C=O) groups excluding carboxylic acids is 2. The number of amides is 1. The first-order chi connectivity index (χ1) is 15.1. The summed E-state index contributed by atoms with van der Waals surface area (Å²) >= 11 is 5.99. The van der Waals surface area contributed by atoms with Crippen LogP contribution in [-0.4, -0.2) is 16.6 Å². The van der Waals surface area contributed by atoms with Gasteiger partial charge in [-0.1, -0.05) is 56.6 Å². The smallest absolute Gasteiger partial charge is 0.289 e. The van der Waals surface area contributed by atoms with Gasteiger partial charge in [-0.05, 0) is 41.5 Å². The Kier molecular flexibility index (Phi) is 5.67. The minimum absolute atomic E-state index is 0.00588. The molecule has 6 nitrogen and oxygen atoms in total. The van der Waals surface area contributed by atoms with Crippen LogP contribution in [0, 0.1) is 15.5 Å². The zero-order valence-electron chi connectivity index (χ0n) is 18.4. The predicted molar refractivity (Wildman–Crippen MR) is 124 cm³/mol. The summed E-state index contributed by atoms with van der Waals surface area (Å²) in [7, 11) is 0. The lowest BCUT2D eigenvalue weighted by Gasteiger charge is -2.43. The van der Waals surface area contributed by atoms with Crippen LogP contribution in [0.15, 0.2) is 53.7 Å². The Morgan fingerprint density at radius 1 is 1.12 bits per heavy atom. The molecule has 0 spiro atoms. The zero-order chi connectivity index (χ0) is 23.2. The molecule has 0 saturated heterocycles. The van der Waals surface area contributed by atoms with E-state index < -0.39 is 4.92 Å². The van der Waals surface area contributed by atoms with Crippen molar-refractivity contribution in [2.45, 2.75) is 52.4 Å². The summed E-state index contributed by atoms with van der Waals surface area (Å²) in [5, 5.41) is 11.4. The van der Waals surface area contributed by atoms with E-state index in [1.54, 1.807) is 6.07 Å². The van der Waals surface area contributed by atoms with Gasteiger partial charge in [-0.2, -0.15) is 0 Å². The molecule has 2 aliphatic rings. The summed E-state index contributed by atoms with van der Waals surface area (Å²) in [6, 6.07) is 12.4. The van der Waals surface area contributed by atoms with Crippen molar-refractivity contribution >= 4 is 34.7 Å². The summed E-state index contributed by atoms with van der Waals surface area (Å²) in [5.41, 5.74) is 3.20. The van der Waals surface area contributed by atoms with Gasteiger partial charge < -0.3 is 0 Å². The van der Waals surface area contributed by atoms with E-state index in [1.807, 2.05) is 38.1 Å². The number of ketones is 1. The highest BCUT2D eigenvalue weighted by atomic mass is 35.5. The molecule has 1 aliphatic carbocycles. The third-order valence-electron chi connectivity index (χ3n) is 6.32. The van der Waals surface area contributed by atoms with Crippen molar-refractivity contribution in [3.63, 3.8) is 0 Å². The van der Waals surface area contributed by atoms with Crippen molar-refractivity contribution in [1.82, 2.24) is 0 Å². The number of halogens is 1. The van der Waals surface area contributed by atoms with Gasteiger partial charge >= 0.3 is 0 Å². The molecule has 1 heterocycles. The van der Waals surface area contributed by atoms with E-state index in [9.17, 15) is 19.7 Å². The quantitative estimate of drug-likeness (QED) is 0.422. The van der Waals surface area contributed by atoms with Gasteiger partial charge in [-0.15, -0.1) is 0 Å². The molecular weight excluding hydrogens is 428 g/mol. The van der Waals surface area contributed by atoms with E-state index in [0.717, 1.165) is 12.0 Å². The van der Waals surface area contributed by atoms with Crippen molar-refractivity contribution in [2.75, 3.05) is 4.90 Å². The maximum absolute atomic E-state index is 13.4. The molecule has 1 unspecified atom stereocenters. The number of benzene rings is 2. The molecule has 32 heavy (non-hydrogen) atoms. The van der Waals surface area contributed by atoms with E-state index in [4.69, 9.17) is 11.6 Å². The van der Waals surface area contributed by atoms with Crippen molar-refractivity contribution in [3.05, 3.63) is 80.0 Å². The second-order valence-electron chi connectivity index (χ2n) is 9.28. The van der Waals surface area contributed by atoms with E-state index >= 15 is 0 Å². The van der Waals surface area contributed by atoms with Crippen molar-refractivity contribution < 1.29 is 14.5 Å². The fraction of sp³-hybridized carbons (Fsp3) is 0.360. The number of carbonyl (C=O) groups is 2. The molecule has 0 N–H and O–H groups in total. The SMILES string of the molecule is CCc1ccc(C2CC(=O)N(c3ccc(Cl)c([N+](=O)[O-])c3)C3=C2C(=O)CC(C)(C)C3)cc1. The van der Waals surface area contributed by atoms with Gasteiger partial charge in [0.05, 0.1) is 10.6 Å². The molecule has 0 saturated carbocycles. The third-order valence-corrected chi connectivity index (χ3v) is 6.64. The average Bonchev–Trinajstić information content (AvgIpc) is 2.73. The largest absolute Gasteiger partial charge is 0.294 e. The first kappa shape index (κ1) is 22.2. The minimum atomic E-state index is -0.566. The minimum Gasteiger partial charge on any atom is -0.294 e. The van der Waals surface area contributed by atoms with Crippen LogP contribution < -0.4 is 4.90 Å². The second-order valence-corrected chi connectivity index (χ2v) is 9.68. The number of aryl methyl sites for hydroxylation is 1. The number of nitro benzene ring substituents is 1. The van der Waals surface area contributed by atoms with E-state index in [2.05, 4.69) is 6.92 Å². The number of rotatable bonds is 4. The third kappa shape index (κ3) is 3.95. The summed E-state index contributed by atoms with van der Waals surface area (Å²) < 4.78 is 0. The molecule has 0 aromatic heterocycles. The zero-order valence-corrected chi connectivity index (χ0v) is 19.1. The topological polar surface area (TPSA) is 80.5 Å². The second kappa shape index (κ2) is 8.17. The lowest BCUT2D eigenvalue weighted by Crippen LogP contribution is -2.43. The van der Waals surface area contributed by atoms with Crippen LogP contribution in [-0.2, 0) is 16.0 Å². The number of allylic oxidation sites excluding steroid dienone is 2. The summed E-state index contributed by atoms with van der Waals surface area (Å²) in [6.45, 7) is 6.08. The molecule has 1 atom stereocenters. The maximum atomic E-state index is 13.4. The monoisotopic (exact) mass is 452 g/mol. The van der Waals surface area contributed by atoms with Gasteiger partial charge in [0.15, 0.2) is 5.78 Å². The summed E-state index contributed by atoms with van der Waals surface area (Å²) in [5.74, 6) is -0.470. The van der Waals surface area contributed by atoms with Gasteiger partial charge in [-0.25, -0.2) is 0 Å². The summed E-state index contributed by atoms with van der Waals surface area (Å²) in [6.07, 6.45) is 1.97. The highest BCUT2D eigenvalue weighted by Crippen LogP contribution is 2.48. The normalized spacial score (nSPS) is 20.4. The molecule has 4 rings (SSSR count). The first-order valence-electron chi connectivity index (χ1n) is 10.7. The summed E-state index contributed by atoms with van der Waals surface area (Å²) in [4.78, 5) is 39.1.